The van der Waals surface area contributed by atoms with Crippen molar-refractivity contribution in [1.82, 2.24) is 5.32 Å². The van der Waals surface area contributed by atoms with E-state index >= 15 is 0 Å². The molecule has 0 saturated heterocycles. The molecule has 1 aliphatic heterocycles. The molecule has 1 aliphatic rings. The summed E-state index contributed by atoms with van der Waals surface area (Å²) < 4.78 is 11.1. The lowest BCUT2D eigenvalue weighted by Gasteiger charge is -2.19. The van der Waals surface area contributed by atoms with Crippen molar-refractivity contribution >= 4 is 11.8 Å². The monoisotopic (exact) mass is 281 g/mol. The third-order valence-electron chi connectivity index (χ3n) is 3.35. The maximum Gasteiger partial charge on any atom is 0.162 e. The second-order valence-electron chi connectivity index (χ2n) is 5.14. The summed E-state index contributed by atoms with van der Waals surface area (Å²) in [5, 5.41) is 3.54. The van der Waals surface area contributed by atoms with Gasteiger partial charge < -0.3 is 14.8 Å². The smallest absolute Gasteiger partial charge is 0.162 e. The highest BCUT2D eigenvalue weighted by Gasteiger charge is 2.11. The van der Waals surface area contributed by atoms with Gasteiger partial charge in [0.2, 0.25) is 0 Å². The quantitative estimate of drug-likeness (QED) is 0.641. The van der Waals surface area contributed by atoms with Gasteiger partial charge in [-0.1, -0.05) is 13.8 Å². The van der Waals surface area contributed by atoms with Gasteiger partial charge in [-0.05, 0) is 31.0 Å². The predicted octanol–water partition coefficient (Wildman–Crippen LogP) is 3.18. The van der Waals surface area contributed by atoms with Crippen LogP contribution in [0.1, 0.15) is 20.8 Å². The molecule has 0 radical (unpaired) electrons. The van der Waals surface area contributed by atoms with E-state index in [1.165, 1.54) is 4.90 Å². The Kier molecular flexibility index (Phi) is 5.40. The molecule has 1 heterocycles. The Labute approximate surface area is 120 Å². The van der Waals surface area contributed by atoms with Gasteiger partial charge >= 0.3 is 0 Å². The van der Waals surface area contributed by atoms with Crippen LogP contribution in [0, 0.1) is 5.92 Å². The van der Waals surface area contributed by atoms with Crippen molar-refractivity contribution in [2.75, 3.05) is 25.5 Å². The van der Waals surface area contributed by atoms with Crippen molar-refractivity contribution in [2.45, 2.75) is 31.7 Å². The third-order valence-corrected chi connectivity index (χ3v) is 4.35. The first-order valence-electron chi connectivity index (χ1n) is 6.92. The van der Waals surface area contributed by atoms with Crippen LogP contribution in [0.3, 0.4) is 0 Å². The van der Waals surface area contributed by atoms with Gasteiger partial charge in [0.1, 0.15) is 13.2 Å². The molecule has 2 rings (SSSR count). The second kappa shape index (κ2) is 7.06. The topological polar surface area (TPSA) is 30.5 Å². The molecule has 0 aromatic heterocycles. The van der Waals surface area contributed by atoms with E-state index in [0.717, 1.165) is 23.8 Å². The van der Waals surface area contributed by atoms with E-state index in [-0.39, 0.29) is 0 Å². The molecule has 0 fully saturated rings. The van der Waals surface area contributed by atoms with Crippen LogP contribution in [0.4, 0.5) is 0 Å². The fourth-order valence-corrected chi connectivity index (χ4v) is 2.61. The zero-order valence-corrected chi connectivity index (χ0v) is 12.8. The molecule has 3 nitrogen and oxygen atoms in total. The summed E-state index contributed by atoms with van der Waals surface area (Å²) in [5.41, 5.74) is 0. The number of rotatable bonds is 6. The van der Waals surface area contributed by atoms with Crippen LogP contribution in [0.25, 0.3) is 0 Å². The molecule has 0 bridgehead atoms. The average molecular weight is 281 g/mol. The number of nitrogens with one attached hydrogen (secondary N) is 1. The van der Waals surface area contributed by atoms with Crippen LogP contribution in [-0.2, 0) is 0 Å². The number of ether oxygens (including phenoxy) is 2. The average Bonchev–Trinajstić information content (AvgIpc) is 2.43. The van der Waals surface area contributed by atoms with Crippen LogP contribution in [-0.4, -0.2) is 31.6 Å². The Morgan fingerprint density at radius 1 is 1.16 bits per heavy atom. The van der Waals surface area contributed by atoms with Crippen molar-refractivity contribution in [3.8, 4) is 11.5 Å². The molecule has 106 valence electrons. The minimum atomic E-state index is 0.570. The van der Waals surface area contributed by atoms with E-state index in [9.17, 15) is 0 Å². The summed E-state index contributed by atoms with van der Waals surface area (Å²) in [5.74, 6) is 3.48. The lowest BCUT2D eigenvalue weighted by atomic mass is 10.1. The molecule has 1 unspecified atom stereocenters. The fraction of sp³-hybridized carbons (Fsp3) is 0.600. The summed E-state index contributed by atoms with van der Waals surface area (Å²) in [6, 6.07) is 6.75. The molecule has 0 aliphatic carbocycles. The number of fused-ring (bicyclic) bond motifs is 1. The molecule has 1 aromatic rings. The molecule has 1 aromatic carbocycles. The third kappa shape index (κ3) is 4.32. The Morgan fingerprint density at radius 2 is 1.89 bits per heavy atom. The maximum absolute atomic E-state index is 5.59. The van der Waals surface area contributed by atoms with Crippen LogP contribution < -0.4 is 14.8 Å². The van der Waals surface area contributed by atoms with E-state index in [4.69, 9.17) is 9.47 Å². The summed E-state index contributed by atoms with van der Waals surface area (Å²) in [6.07, 6.45) is 0. The van der Waals surface area contributed by atoms with Gasteiger partial charge in [-0.25, -0.2) is 0 Å². The highest BCUT2D eigenvalue weighted by Crippen LogP contribution is 2.33. The van der Waals surface area contributed by atoms with Crippen molar-refractivity contribution in [1.29, 1.82) is 0 Å². The minimum Gasteiger partial charge on any atom is -0.486 e. The largest absolute Gasteiger partial charge is 0.486 e. The molecular formula is C15H23NO2S. The molecule has 1 N–H and O–H groups in total. The van der Waals surface area contributed by atoms with Crippen LogP contribution in [0.5, 0.6) is 11.5 Å². The summed E-state index contributed by atoms with van der Waals surface area (Å²) in [7, 11) is 0. The van der Waals surface area contributed by atoms with Gasteiger partial charge in [0.15, 0.2) is 11.5 Å². The predicted molar refractivity (Wildman–Crippen MR) is 80.5 cm³/mol. The SMILES string of the molecule is CC(C)C(C)NCCSc1ccc2c(c1)OCCO2. The van der Waals surface area contributed by atoms with E-state index < -0.39 is 0 Å². The Morgan fingerprint density at radius 3 is 2.63 bits per heavy atom. The molecule has 1 atom stereocenters. The zero-order chi connectivity index (χ0) is 13.7. The normalized spacial score (nSPS) is 15.6. The first kappa shape index (κ1) is 14.5. The second-order valence-corrected chi connectivity index (χ2v) is 6.31. The van der Waals surface area contributed by atoms with Crippen LogP contribution in [0.15, 0.2) is 23.1 Å². The van der Waals surface area contributed by atoms with Gasteiger partial charge in [0, 0.05) is 23.2 Å². The zero-order valence-electron chi connectivity index (χ0n) is 11.9. The summed E-state index contributed by atoms with van der Waals surface area (Å²) in [4.78, 5) is 1.24. The molecular weight excluding hydrogens is 258 g/mol. The minimum absolute atomic E-state index is 0.570. The highest BCUT2D eigenvalue weighted by atomic mass is 32.2. The van der Waals surface area contributed by atoms with Gasteiger partial charge in [0.05, 0.1) is 0 Å². The molecule has 4 heteroatoms. The van der Waals surface area contributed by atoms with Crippen molar-refractivity contribution in [3.63, 3.8) is 0 Å². The Balaban J connectivity index is 1.77. The lowest BCUT2D eigenvalue weighted by Crippen LogP contribution is -2.32. The van der Waals surface area contributed by atoms with Crippen LogP contribution >= 0.6 is 11.8 Å². The number of hydrogen-bond acceptors (Lipinski definition) is 4. The van der Waals surface area contributed by atoms with E-state index in [2.05, 4.69) is 38.2 Å². The summed E-state index contributed by atoms with van der Waals surface area (Å²) in [6.45, 7) is 9.04. The first-order valence-corrected chi connectivity index (χ1v) is 7.91. The van der Waals surface area contributed by atoms with Gasteiger partial charge in [-0.2, -0.15) is 0 Å². The van der Waals surface area contributed by atoms with Gasteiger partial charge in [0.25, 0.3) is 0 Å². The highest BCUT2D eigenvalue weighted by molar-refractivity contribution is 7.99. The van der Waals surface area contributed by atoms with Crippen molar-refractivity contribution in [3.05, 3.63) is 18.2 Å². The van der Waals surface area contributed by atoms with Gasteiger partial charge in [-0.3, -0.25) is 0 Å². The van der Waals surface area contributed by atoms with Crippen molar-refractivity contribution < 1.29 is 9.47 Å². The molecule has 0 spiro atoms. The number of hydrogen-bond donors (Lipinski definition) is 1. The van der Waals surface area contributed by atoms with Crippen molar-refractivity contribution in [2.24, 2.45) is 5.92 Å². The number of thioether (sulfide) groups is 1. The van der Waals surface area contributed by atoms with E-state index in [1.807, 2.05) is 17.8 Å². The van der Waals surface area contributed by atoms with Gasteiger partial charge in [-0.15, -0.1) is 11.8 Å². The molecule has 19 heavy (non-hydrogen) atoms. The standard InChI is InChI=1S/C15H23NO2S/c1-11(2)12(3)16-6-9-19-13-4-5-14-15(10-13)18-8-7-17-14/h4-5,10-12,16H,6-9H2,1-3H3. The number of benzene rings is 1. The Bertz CT molecular complexity index is 409. The summed E-state index contributed by atoms with van der Waals surface area (Å²) >= 11 is 1.85. The van der Waals surface area contributed by atoms with E-state index in [0.29, 0.717) is 25.2 Å². The Hall–Kier alpha value is -0.870. The van der Waals surface area contributed by atoms with Crippen LogP contribution in [0.2, 0.25) is 0 Å². The molecule has 0 amide bonds. The fourth-order valence-electron chi connectivity index (χ4n) is 1.80. The van der Waals surface area contributed by atoms with E-state index in [1.54, 1.807) is 0 Å². The first-order chi connectivity index (χ1) is 9.16. The lowest BCUT2D eigenvalue weighted by molar-refractivity contribution is 0.171. The molecule has 0 saturated carbocycles. The maximum atomic E-state index is 5.59.